The second-order valence-corrected chi connectivity index (χ2v) is 4.81. The number of rotatable bonds is 4. The zero-order valence-corrected chi connectivity index (χ0v) is 12.0. The summed E-state index contributed by atoms with van der Waals surface area (Å²) in [4.78, 5) is 10.6. The van der Waals surface area contributed by atoms with Gasteiger partial charge >= 0.3 is 0 Å². The van der Waals surface area contributed by atoms with Crippen LogP contribution in [0.3, 0.4) is 0 Å². The molecular formula is C15H14ClNO3. The summed E-state index contributed by atoms with van der Waals surface area (Å²) < 4.78 is 5.71. The number of halogens is 1. The van der Waals surface area contributed by atoms with Crippen LogP contribution in [0.2, 0.25) is 0 Å². The van der Waals surface area contributed by atoms with Crippen LogP contribution in [0.4, 0.5) is 5.69 Å². The van der Waals surface area contributed by atoms with Crippen molar-refractivity contribution in [3.05, 3.63) is 63.2 Å². The van der Waals surface area contributed by atoms with Gasteiger partial charge in [-0.05, 0) is 43.2 Å². The molecule has 0 aliphatic rings. The van der Waals surface area contributed by atoms with Gasteiger partial charge in [0, 0.05) is 11.4 Å². The fourth-order valence-corrected chi connectivity index (χ4v) is 2.08. The van der Waals surface area contributed by atoms with Crippen molar-refractivity contribution in [3.8, 4) is 11.5 Å². The van der Waals surface area contributed by atoms with E-state index in [1.165, 1.54) is 6.07 Å². The Morgan fingerprint density at radius 3 is 2.35 bits per heavy atom. The van der Waals surface area contributed by atoms with Crippen LogP contribution >= 0.6 is 11.6 Å². The highest BCUT2D eigenvalue weighted by molar-refractivity contribution is 6.17. The van der Waals surface area contributed by atoms with Gasteiger partial charge in [0.15, 0.2) is 0 Å². The zero-order valence-electron chi connectivity index (χ0n) is 11.2. The van der Waals surface area contributed by atoms with E-state index >= 15 is 0 Å². The van der Waals surface area contributed by atoms with E-state index in [2.05, 4.69) is 0 Å². The maximum absolute atomic E-state index is 11.0. The Morgan fingerprint density at radius 1 is 1.15 bits per heavy atom. The number of aryl methyl sites for hydroxylation is 2. The molecule has 104 valence electrons. The fraction of sp³-hybridized carbons (Fsp3) is 0.200. The van der Waals surface area contributed by atoms with Crippen LogP contribution in [0.15, 0.2) is 36.4 Å². The lowest BCUT2D eigenvalue weighted by atomic mass is 10.1. The van der Waals surface area contributed by atoms with Gasteiger partial charge in [0.1, 0.15) is 11.5 Å². The lowest BCUT2D eigenvalue weighted by Crippen LogP contribution is -1.95. The average molecular weight is 292 g/mol. The summed E-state index contributed by atoms with van der Waals surface area (Å²) in [6, 6.07) is 10.5. The first kappa shape index (κ1) is 14.3. The Morgan fingerprint density at radius 2 is 1.80 bits per heavy atom. The molecule has 0 heterocycles. The Kier molecular flexibility index (Phi) is 4.25. The molecule has 0 fully saturated rings. The number of hydrogen-bond donors (Lipinski definition) is 0. The predicted molar refractivity (Wildman–Crippen MR) is 78.6 cm³/mol. The highest BCUT2D eigenvalue weighted by Gasteiger charge is 2.14. The van der Waals surface area contributed by atoms with Crippen molar-refractivity contribution in [1.82, 2.24) is 0 Å². The van der Waals surface area contributed by atoms with E-state index in [1.807, 2.05) is 19.1 Å². The third kappa shape index (κ3) is 3.08. The normalized spacial score (nSPS) is 10.3. The molecular weight excluding hydrogens is 278 g/mol. The molecule has 0 aliphatic carbocycles. The van der Waals surface area contributed by atoms with Gasteiger partial charge in [0.05, 0.1) is 11.0 Å². The van der Waals surface area contributed by atoms with Crippen LogP contribution in [0.1, 0.15) is 16.7 Å². The van der Waals surface area contributed by atoms with E-state index in [9.17, 15) is 10.1 Å². The molecule has 0 spiro atoms. The lowest BCUT2D eigenvalue weighted by molar-refractivity contribution is -0.385. The summed E-state index contributed by atoms with van der Waals surface area (Å²) in [5, 5.41) is 11.0. The molecule has 0 aliphatic heterocycles. The predicted octanol–water partition coefficient (Wildman–Crippen LogP) is 4.74. The maximum Gasteiger partial charge on any atom is 0.276 e. The highest BCUT2D eigenvalue weighted by atomic mass is 35.5. The number of ether oxygens (including phenoxy) is 1. The van der Waals surface area contributed by atoms with E-state index in [0.29, 0.717) is 22.9 Å². The number of benzene rings is 2. The summed E-state index contributed by atoms with van der Waals surface area (Å²) in [5.74, 6) is 1.55. The molecule has 4 nitrogen and oxygen atoms in total. The maximum atomic E-state index is 11.0. The highest BCUT2D eigenvalue weighted by Crippen LogP contribution is 2.31. The smallest absolute Gasteiger partial charge is 0.276 e. The van der Waals surface area contributed by atoms with Crippen LogP contribution in [0.5, 0.6) is 11.5 Å². The monoisotopic (exact) mass is 291 g/mol. The quantitative estimate of drug-likeness (QED) is 0.464. The summed E-state index contributed by atoms with van der Waals surface area (Å²) in [5.41, 5.74) is 2.53. The van der Waals surface area contributed by atoms with Gasteiger partial charge in [-0.2, -0.15) is 0 Å². The molecule has 0 unspecified atom stereocenters. The van der Waals surface area contributed by atoms with Crippen LogP contribution in [0, 0.1) is 24.0 Å². The molecule has 2 aromatic carbocycles. The second-order valence-electron chi connectivity index (χ2n) is 4.54. The van der Waals surface area contributed by atoms with Gasteiger partial charge in [-0.15, -0.1) is 11.6 Å². The summed E-state index contributed by atoms with van der Waals surface area (Å²) in [6.07, 6.45) is 0. The molecule has 0 saturated heterocycles. The van der Waals surface area contributed by atoms with Gasteiger partial charge in [-0.1, -0.05) is 12.1 Å². The largest absolute Gasteiger partial charge is 0.457 e. The fourth-order valence-electron chi connectivity index (χ4n) is 1.90. The van der Waals surface area contributed by atoms with Crippen LogP contribution in [-0.2, 0) is 5.88 Å². The van der Waals surface area contributed by atoms with E-state index in [4.69, 9.17) is 16.3 Å². The zero-order chi connectivity index (χ0) is 14.7. The summed E-state index contributed by atoms with van der Waals surface area (Å²) in [6.45, 7) is 3.57. The molecule has 0 saturated carbocycles. The third-order valence-electron chi connectivity index (χ3n) is 3.00. The number of hydrogen-bond acceptors (Lipinski definition) is 3. The topological polar surface area (TPSA) is 52.4 Å². The minimum absolute atomic E-state index is 0.0583. The van der Waals surface area contributed by atoms with E-state index < -0.39 is 4.92 Å². The van der Waals surface area contributed by atoms with E-state index in [1.54, 1.807) is 25.1 Å². The molecule has 0 bridgehead atoms. The molecule has 2 aromatic rings. The molecule has 0 radical (unpaired) electrons. The van der Waals surface area contributed by atoms with Crippen molar-refractivity contribution < 1.29 is 9.66 Å². The summed E-state index contributed by atoms with van der Waals surface area (Å²) >= 11 is 5.72. The molecule has 0 amide bonds. The number of nitro groups is 1. The van der Waals surface area contributed by atoms with Crippen LogP contribution in [0.25, 0.3) is 0 Å². The van der Waals surface area contributed by atoms with Gasteiger partial charge in [-0.3, -0.25) is 10.1 Å². The molecule has 5 heteroatoms. The first-order valence-electron chi connectivity index (χ1n) is 6.09. The first-order chi connectivity index (χ1) is 9.51. The summed E-state index contributed by atoms with van der Waals surface area (Å²) in [7, 11) is 0. The van der Waals surface area contributed by atoms with E-state index in [0.717, 1.165) is 11.1 Å². The van der Waals surface area contributed by atoms with Crippen molar-refractivity contribution in [3.63, 3.8) is 0 Å². The van der Waals surface area contributed by atoms with Gasteiger partial charge < -0.3 is 4.74 Å². The minimum atomic E-state index is -0.405. The van der Waals surface area contributed by atoms with Crippen molar-refractivity contribution in [2.24, 2.45) is 0 Å². The lowest BCUT2D eigenvalue weighted by Gasteiger charge is -2.10. The van der Waals surface area contributed by atoms with Crippen LogP contribution in [-0.4, -0.2) is 4.92 Å². The average Bonchev–Trinajstić information content (AvgIpc) is 2.42. The minimum Gasteiger partial charge on any atom is -0.457 e. The van der Waals surface area contributed by atoms with E-state index in [-0.39, 0.29) is 5.69 Å². The third-order valence-corrected chi connectivity index (χ3v) is 3.30. The molecule has 0 N–H and O–H groups in total. The first-order valence-corrected chi connectivity index (χ1v) is 6.63. The molecule has 0 aromatic heterocycles. The Labute approximate surface area is 122 Å². The Hall–Kier alpha value is -2.07. The standard InChI is InChI=1S/C15H14ClNO3/c1-10-7-11(2)15(8-14(10)17(18)19)20-13-5-3-12(9-16)4-6-13/h3-8H,9H2,1-2H3. The molecule has 2 rings (SSSR count). The van der Waals surface area contributed by atoms with Crippen LogP contribution < -0.4 is 4.74 Å². The number of alkyl halides is 1. The second kappa shape index (κ2) is 5.92. The van der Waals surface area contributed by atoms with Gasteiger partial charge in [0.2, 0.25) is 0 Å². The van der Waals surface area contributed by atoms with Crippen molar-refractivity contribution in [2.75, 3.05) is 0 Å². The SMILES string of the molecule is Cc1cc(C)c([N+](=O)[O-])cc1Oc1ccc(CCl)cc1. The number of nitro benzene ring substituents is 1. The van der Waals surface area contributed by atoms with Crippen molar-refractivity contribution in [2.45, 2.75) is 19.7 Å². The number of nitrogens with zero attached hydrogens (tertiary/aromatic N) is 1. The van der Waals surface area contributed by atoms with Gasteiger partial charge in [0.25, 0.3) is 5.69 Å². The Bertz CT molecular complexity index is 638. The molecule has 0 atom stereocenters. The van der Waals surface area contributed by atoms with Crippen molar-refractivity contribution >= 4 is 17.3 Å². The molecule has 20 heavy (non-hydrogen) atoms. The Balaban J connectivity index is 2.32. The van der Waals surface area contributed by atoms with Crippen molar-refractivity contribution in [1.29, 1.82) is 0 Å². The van der Waals surface area contributed by atoms with Gasteiger partial charge in [-0.25, -0.2) is 0 Å².